The highest BCUT2D eigenvalue weighted by Gasteiger charge is 2.84. The molecule has 0 aromatic rings. The van der Waals surface area contributed by atoms with Crippen LogP contribution in [0.5, 0.6) is 0 Å². The zero-order valence-electron chi connectivity index (χ0n) is 8.41. The van der Waals surface area contributed by atoms with Crippen LogP contribution in [0.25, 0.3) is 0 Å². The smallest absolute Gasteiger partial charge is 0.341 e. The maximum absolute atomic E-state index is 10.9. The summed E-state index contributed by atoms with van der Waals surface area (Å²) >= 11 is 0. The Hall–Kier alpha value is -2.16. The largest absolute Gasteiger partial charge is 0.480 e. The van der Waals surface area contributed by atoms with Gasteiger partial charge in [-0.15, -0.1) is 0 Å². The van der Waals surface area contributed by atoms with Crippen molar-refractivity contribution in [3.8, 4) is 0 Å². The molecule has 0 spiro atoms. The van der Waals surface area contributed by atoms with Crippen LogP contribution in [0, 0.1) is 5.41 Å². The second-order valence-electron chi connectivity index (χ2n) is 3.47. The minimum atomic E-state index is -3.57. The van der Waals surface area contributed by atoms with E-state index in [0.29, 0.717) is 0 Å². The Morgan fingerprint density at radius 3 is 1.35 bits per heavy atom. The van der Waals surface area contributed by atoms with Gasteiger partial charge in [-0.2, -0.15) is 0 Å². The van der Waals surface area contributed by atoms with Crippen LogP contribution in [0.2, 0.25) is 0 Å². The first-order valence-electron chi connectivity index (χ1n) is 4.27. The number of hydrogen-bond acceptors (Lipinski definition) is 5. The molecule has 1 aliphatic rings. The number of ether oxygens (including phenoxy) is 1. The molecule has 0 saturated carbocycles. The van der Waals surface area contributed by atoms with Crippen molar-refractivity contribution in [1.82, 2.24) is 0 Å². The van der Waals surface area contributed by atoms with Crippen LogP contribution in [-0.2, 0) is 23.9 Å². The Morgan fingerprint density at radius 2 is 1.29 bits per heavy atom. The predicted octanol–water partition coefficient (Wildman–Crippen LogP) is -1.53. The van der Waals surface area contributed by atoms with Crippen LogP contribution in [0.4, 0.5) is 0 Å². The number of carbonyl (C=O) groups is 4. The van der Waals surface area contributed by atoms with Crippen molar-refractivity contribution in [2.24, 2.45) is 5.41 Å². The SMILES string of the molecule is CC1OC1(C(=O)O)C(C(=O)O)(C(=O)O)C(=O)O. The molecule has 0 aromatic heterocycles. The zero-order chi connectivity index (χ0) is 13.6. The molecule has 0 aliphatic carbocycles. The number of carboxylic acids is 4. The molecule has 1 aliphatic heterocycles. The van der Waals surface area contributed by atoms with E-state index in [-0.39, 0.29) is 0 Å². The summed E-state index contributed by atoms with van der Waals surface area (Å²) in [6, 6.07) is 0. The van der Waals surface area contributed by atoms with Crippen LogP contribution in [0.1, 0.15) is 6.92 Å². The molecule has 2 unspecified atom stereocenters. The third-order valence-corrected chi connectivity index (χ3v) is 2.72. The summed E-state index contributed by atoms with van der Waals surface area (Å²) in [4.78, 5) is 43.7. The maximum atomic E-state index is 10.9. The lowest BCUT2D eigenvalue weighted by Gasteiger charge is -2.24. The molecule has 94 valence electrons. The fourth-order valence-electron chi connectivity index (χ4n) is 1.77. The molecular formula is C8H8O9. The normalized spacial score (nSPS) is 27.2. The first kappa shape index (κ1) is 12.9. The summed E-state index contributed by atoms with van der Waals surface area (Å²) < 4.78 is 4.47. The van der Waals surface area contributed by atoms with E-state index >= 15 is 0 Å². The lowest BCUT2D eigenvalue weighted by molar-refractivity contribution is -0.187. The van der Waals surface area contributed by atoms with E-state index in [1.807, 2.05) is 0 Å². The fourth-order valence-corrected chi connectivity index (χ4v) is 1.77. The van der Waals surface area contributed by atoms with Gasteiger partial charge in [0.1, 0.15) is 0 Å². The van der Waals surface area contributed by atoms with Crippen LogP contribution in [0.15, 0.2) is 0 Å². The Kier molecular flexibility index (Phi) is 2.59. The van der Waals surface area contributed by atoms with Crippen LogP contribution in [-0.4, -0.2) is 56.0 Å². The molecule has 0 bridgehead atoms. The van der Waals surface area contributed by atoms with Gasteiger partial charge in [0.25, 0.3) is 0 Å². The van der Waals surface area contributed by atoms with Crippen LogP contribution >= 0.6 is 0 Å². The van der Waals surface area contributed by atoms with Gasteiger partial charge in [0, 0.05) is 0 Å². The van der Waals surface area contributed by atoms with Crippen LogP contribution in [0.3, 0.4) is 0 Å². The van der Waals surface area contributed by atoms with Crippen molar-refractivity contribution in [2.75, 3.05) is 0 Å². The molecule has 17 heavy (non-hydrogen) atoms. The average Bonchev–Trinajstić information content (AvgIpc) is 2.77. The molecule has 0 aromatic carbocycles. The van der Waals surface area contributed by atoms with Gasteiger partial charge in [0.2, 0.25) is 5.60 Å². The zero-order valence-corrected chi connectivity index (χ0v) is 8.41. The van der Waals surface area contributed by atoms with E-state index in [1.54, 1.807) is 0 Å². The highest BCUT2D eigenvalue weighted by Crippen LogP contribution is 2.51. The quantitative estimate of drug-likeness (QED) is 0.334. The fraction of sp³-hybridized carbons (Fsp3) is 0.500. The summed E-state index contributed by atoms with van der Waals surface area (Å²) in [6.07, 6.45) is -1.33. The number of rotatable bonds is 5. The van der Waals surface area contributed by atoms with Crippen molar-refractivity contribution < 1.29 is 44.3 Å². The highest BCUT2D eigenvalue weighted by atomic mass is 16.6. The first-order chi connectivity index (χ1) is 7.65. The van der Waals surface area contributed by atoms with Gasteiger partial charge in [-0.25, -0.2) is 4.79 Å². The molecule has 9 heteroatoms. The van der Waals surface area contributed by atoms with Crippen LogP contribution < -0.4 is 0 Å². The Morgan fingerprint density at radius 1 is 1.00 bits per heavy atom. The van der Waals surface area contributed by atoms with E-state index in [9.17, 15) is 19.2 Å². The third kappa shape index (κ3) is 1.22. The van der Waals surface area contributed by atoms with Crippen molar-refractivity contribution >= 4 is 23.9 Å². The van der Waals surface area contributed by atoms with Gasteiger partial charge < -0.3 is 25.2 Å². The Bertz CT molecular complexity index is 389. The van der Waals surface area contributed by atoms with Gasteiger partial charge in [-0.1, -0.05) is 0 Å². The lowest BCUT2D eigenvalue weighted by atomic mass is 9.73. The molecule has 1 heterocycles. The summed E-state index contributed by atoms with van der Waals surface area (Å²) in [5.41, 5.74) is -6.37. The van der Waals surface area contributed by atoms with Gasteiger partial charge in [-0.05, 0) is 6.92 Å². The molecule has 4 N–H and O–H groups in total. The summed E-state index contributed by atoms with van der Waals surface area (Å²) in [5.74, 6) is -8.85. The van der Waals surface area contributed by atoms with E-state index in [0.717, 1.165) is 6.92 Å². The van der Waals surface area contributed by atoms with Crippen molar-refractivity contribution in [2.45, 2.75) is 18.6 Å². The average molecular weight is 248 g/mol. The minimum absolute atomic E-state index is 1.08. The molecule has 9 nitrogen and oxygen atoms in total. The van der Waals surface area contributed by atoms with Gasteiger partial charge >= 0.3 is 29.3 Å². The van der Waals surface area contributed by atoms with E-state index in [2.05, 4.69) is 4.74 Å². The van der Waals surface area contributed by atoms with Crippen molar-refractivity contribution in [3.05, 3.63) is 0 Å². The van der Waals surface area contributed by atoms with Gasteiger partial charge in [0.15, 0.2) is 0 Å². The Labute approximate surface area is 93.2 Å². The monoisotopic (exact) mass is 248 g/mol. The highest BCUT2D eigenvalue weighted by molar-refractivity contribution is 6.22. The summed E-state index contributed by atoms with van der Waals surface area (Å²) in [7, 11) is 0. The number of aliphatic carboxylic acids is 4. The maximum Gasteiger partial charge on any atom is 0.341 e. The molecular weight excluding hydrogens is 240 g/mol. The summed E-state index contributed by atoms with van der Waals surface area (Å²) in [6.45, 7) is 1.08. The molecule has 0 amide bonds. The second-order valence-corrected chi connectivity index (χ2v) is 3.47. The second kappa shape index (κ2) is 3.42. The van der Waals surface area contributed by atoms with E-state index in [1.165, 1.54) is 0 Å². The summed E-state index contributed by atoms with van der Waals surface area (Å²) in [5, 5.41) is 35.2. The van der Waals surface area contributed by atoms with E-state index in [4.69, 9.17) is 20.4 Å². The number of hydrogen-bond donors (Lipinski definition) is 4. The standard InChI is InChI=1S/C8H8O9/c1-2-8(17-2,6(15)16)7(3(9)10,4(11)12)5(13)14/h2H,1H3,(H,9,10)(H,11,12)(H,13,14)(H,15,16). The predicted molar refractivity (Wildman–Crippen MR) is 46.3 cm³/mol. The lowest BCUT2D eigenvalue weighted by Crippen LogP contribution is -2.61. The molecule has 0 radical (unpaired) electrons. The molecule has 1 rings (SSSR count). The first-order valence-corrected chi connectivity index (χ1v) is 4.27. The van der Waals surface area contributed by atoms with E-state index < -0.39 is 41.0 Å². The number of epoxide rings is 1. The molecule has 2 atom stereocenters. The van der Waals surface area contributed by atoms with Crippen molar-refractivity contribution in [3.63, 3.8) is 0 Å². The topological polar surface area (TPSA) is 162 Å². The Balaban J connectivity index is 3.55. The molecule has 1 fully saturated rings. The number of carboxylic acid groups (broad SMARTS) is 4. The van der Waals surface area contributed by atoms with Gasteiger partial charge in [0.05, 0.1) is 6.10 Å². The van der Waals surface area contributed by atoms with Gasteiger partial charge in [-0.3, -0.25) is 14.4 Å². The minimum Gasteiger partial charge on any atom is -0.480 e. The third-order valence-electron chi connectivity index (χ3n) is 2.72. The van der Waals surface area contributed by atoms with Crippen molar-refractivity contribution in [1.29, 1.82) is 0 Å². The molecule has 1 saturated heterocycles.